The lowest BCUT2D eigenvalue weighted by molar-refractivity contribution is 0.0420. The molecule has 0 saturated heterocycles. The van der Waals surface area contributed by atoms with Gasteiger partial charge in [0.1, 0.15) is 0 Å². The van der Waals surface area contributed by atoms with Gasteiger partial charge in [0.2, 0.25) is 0 Å². The Morgan fingerprint density at radius 3 is 2.21 bits per heavy atom. The van der Waals surface area contributed by atoms with Gasteiger partial charge in [-0.2, -0.15) is 0 Å². The average molecular weight is 196 g/mol. The third-order valence-corrected chi connectivity index (χ3v) is 2.07. The highest BCUT2D eigenvalue weighted by Gasteiger charge is 2.11. The van der Waals surface area contributed by atoms with E-state index in [2.05, 4.69) is 0 Å². The predicted molar refractivity (Wildman–Crippen MR) is 53.9 cm³/mol. The SMILES string of the molecule is OCC(O)CC(O)Cc1ccccc1. The minimum atomic E-state index is -0.825. The van der Waals surface area contributed by atoms with Gasteiger partial charge in [-0.3, -0.25) is 0 Å². The lowest BCUT2D eigenvalue weighted by Crippen LogP contribution is -2.22. The molecule has 1 rings (SSSR count). The summed E-state index contributed by atoms with van der Waals surface area (Å²) in [5, 5.41) is 27.2. The summed E-state index contributed by atoms with van der Waals surface area (Å²) in [6.07, 6.45) is -0.697. The van der Waals surface area contributed by atoms with Gasteiger partial charge in [0, 0.05) is 6.42 Å². The van der Waals surface area contributed by atoms with Gasteiger partial charge in [-0.05, 0) is 12.0 Å². The van der Waals surface area contributed by atoms with Crippen molar-refractivity contribution in [2.75, 3.05) is 6.61 Å². The van der Waals surface area contributed by atoms with Crippen LogP contribution in [-0.2, 0) is 6.42 Å². The second-order valence-electron chi connectivity index (χ2n) is 3.42. The van der Waals surface area contributed by atoms with E-state index in [1.165, 1.54) is 0 Å². The first-order chi connectivity index (χ1) is 6.72. The van der Waals surface area contributed by atoms with Gasteiger partial charge in [0.25, 0.3) is 0 Å². The van der Waals surface area contributed by atoms with Crippen LogP contribution in [0.3, 0.4) is 0 Å². The molecule has 0 aliphatic carbocycles. The summed E-state index contributed by atoms with van der Waals surface area (Å²) in [6, 6.07) is 9.58. The fourth-order valence-corrected chi connectivity index (χ4v) is 1.36. The highest BCUT2D eigenvalue weighted by atomic mass is 16.3. The Morgan fingerprint density at radius 2 is 1.64 bits per heavy atom. The van der Waals surface area contributed by atoms with Crippen LogP contribution in [0.15, 0.2) is 30.3 Å². The molecule has 0 aliphatic rings. The molecule has 0 radical (unpaired) electrons. The van der Waals surface area contributed by atoms with Gasteiger partial charge in [0.15, 0.2) is 0 Å². The summed E-state index contributed by atoms with van der Waals surface area (Å²) in [7, 11) is 0. The van der Waals surface area contributed by atoms with E-state index in [0.717, 1.165) is 5.56 Å². The molecule has 0 saturated carbocycles. The highest BCUT2D eigenvalue weighted by molar-refractivity contribution is 5.15. The third kappa shape index (κ3) is 3.87. The summed E-state index contributed by atoms with van der Waals surface area (Å²) in [6.45, 7) is -0.300. The van der Waals surface area contributed by atoms with Gasteiger partial charge in [0.05, 0.1) is 18.8 Å². The summed E-state index contributed by atoms with van der Waals surface area (Å²) < 4.78 is 0. The molecule has 0 heterocycles. The molecule has 3 nitrogen and oxygen atoms in total. The van der Waals surface area contributed by atoms with Crippen molar-refractivity contribution in [2.24, 2.45) is 0 Å². The summed E-state index contributed by atoms with van der Waals surface area (Å²) in [5.74, 6) is 0. The fraction of sp³-hybridized carbons (Fsp3) is 0.455. The Bertz CT molecular complexity index is 248. The van der Waals surface area contributed by atoms with E-state index >= 15 is 0 Å². The second-order valence-corrected chi connectivity index (χ2v) is 3.42. The number of aliphatic hydroxyl groups excluding tert-OH is 3. The first kappa shape index (κ1) is 11.2. The van der Waals surface area contributed by atoms with E-state index in [9.17, 15) is 5.11 Å². The molecule has 2 unspecified atom stereocenters. The number of rotatable bonds is 5. The van der Waals surface area contributed by atoms with Crippen LogP contribution in [0, 0.1) is 0 Å². The maximum Gasteiger partial charge on any atom is 0.0795 e. The zero-order valence-electron chi connectivity index (χ0n) is 8.00. The number of aliphatic hydroxyl groups is 3. The fourth-order valence-electron chi connectivity index (χ4n) is 1.36. The number of hydrogen-bond donors (Lipinski definition) is 3. The molecule has 1 aromatic carbocycles. The van der Waals surface area contributed by atoms with Crippen LogP contribution in [0.4, 0.5) is 0 Å². The Balaban J connectivity index is 2.37. The molecule has 0 spiro atoms. The predicted octanol–water partition coefficient (Wildman–Crippen LogP) is 0.333. The standard InChI is InChI=1S/C11H16O3/c12-8-11(14)7-10(13)6-9-4-2-1-3-5-9/h1-5,10-14H,6-8H2. The lowest BCUT2D eigenvalue weighted by atomic mass is 10.0. The molecule has 78 valence electrons. The van der Waals surface area contributed by atoms with Crippen molar-refractivity contribution in [1.29, 1.82) is 0 Å². The van der Waals surface area contributed by atoms with Crippen LogP contribution in [0.2, 0.25) is 0 Å². The molecule has 0 fully saturated rings. The molecule has 0 aliphatic heterocycles. The van der Waals surface area contributed by atoms with Crippen molar-refractivity contribution in [3.63, 3.8) is 0 Å². The van der Waals surface area contributed by atoms with Crippen molar-refractivity contribution in [1.82, 2.24) is 0 Å². The van der Waals surface area contributed by atoms with Gasteiger partial charge in [-0.1, -0.05) is 30.3 Å². The summed E-state index contributed by atoms with van der Waals surface area (Å²) >= 11 is 0. The van der Waals surface area contributed by atoms with E-state index < -0.39 is 12.2 Å². The number of benzene rings is 1. The van der Waals surface area contributed by atoms with Crippen LogP contribution >= 0.6 is 0 Å². The quantitative estimate of drug-likeness (QED) is 0.636. The largest absolute Gasteiger partial charge is 0.394 e. The van der Waals surface area contributed by atoms with Crippen molar-refractivity contribution >= 4 is 0 Å². The Hall–Kier alpha value is -0.900. The highest BCUT2D eigenvalue weighted by Crippen LogP contribution is 2.07. The first-order valence-corrected chi connectivity index (χ1v) is 4.73. The van der Waals surface area contributed by atoms with Gasteiger partial charge < -0.3 is 15.3 Å². The van der Waals surface area contributed by atoms with Crippen LogP contribution in [0.1, 0.15) is 12.0 Å². The van der Waals surface area contributed by atoms with Crippen LogP contribution in [-0.4, -0.2) is 34.1 Å². The maximum atomic E-state index is 9.53. The molecule has 3 heteroatoms. The van der Waals surface area contributed by atoms with Crippen molar-refractivity contribution in [3.05, 3.63) is 35.9 Å². The van der Waals surface area contributed by atoms with Gasteiger partial charge in [-0.15, -0.1) is 0 Å². The normalized spacial score (nSPS) is 15.1. The Morgan fingerprint density at radius 1 is 1.00 bits per heavy atom. The maximum absolute atomic E-state index is 9.53. The lowest BCUT2D eigenvalue weighted by Gasteiger charge is -2.13. The summed E-state index contributed by atoms with van der Waals surface area (Å²) in [5.41, 5.74) is 1.03. The Labute approximate surface area is 83.6 Å². The molecular formula is C11H16O3. The minimum absolute atomic E-state index is 0.214. The smallest absolute Gasteiger partial charge is 0.0795 e. The average Bonchev–Trinajstić information content (AvgIpc) is 2.19. The molecule has 0 bridgehead atoms. The van der Waals surface area contributed by atoms with Crippen molar-refractivity contribution in [2.45, 2.75) is 25.0 Å². The van der Waals surface area contributed by atoms with E-state index in [1.807, 2.05) is 30.3 Å². The van der Waals surface area contributed by atoms with E-state index in [-0.39, 0.29) is 13.0 Å². The molecule has 14 heavy (non-hydrogen) atoms. The third-order valence-electron chi connectivity index (χ3n) is 2.07. The molecule has 2 atom stereocenters. The minimum Gasteiger partial charge on any atom is -0.394 e. The van der Waals surface area contributed by atoms with E-state index in [4.69, 9.17) is 10.2 Å². The second kappa shape index (κ2) is 5.75. The zero-order chi connectivity index (χ0) is 10.4. The molecule has 1 aromatic rings. The van der Waals surface area contributed by atoms with Crippen LogP contribution < -0.4 is 0 Å². The summed E-state index contributed by atoms with van der Waals surface area (Å²) in [4.78, 5) is 0. The molecular weight excluding hydrogens is 180 g/mol. The van der Waals surface area contributed by atoms with Gasteiger partial charge in [-0.25, -0.2) is 0 Å². The zero-order valence-corrected chi connectivity index (χ0v) is 8.00. The van der Waals surface area contributed by atoms with E-state index in [1.54, 1.807) is 0 Å². The van der Waals surface area contributed by atoms with E-state index in [0.29, 0.717) is 6.42 Å². The first-order valence-electron chi connectivity index (χ1n) is 4.73. The van der Waals surface area contributed by atoms with Crippen molar-refractivity contribution < 1.29 is 15.3 Å². The van der Waals surface area contributed by atoms with Crippen LogP contribution in [0.5, 0.6) is 0 Å². The monoisotopic (exact) mass is 196 g/mol. The van der Waals surface area contributed by atoms with Crippen molar-refractivity contribution in [3.8, 4) is 0 Å². The topological polar surface area (TPSA) is 60.7 Å². The molecule has 3 N–H and O–H groups in total. The number of hydrogen-bond acceptors (Lipinski definition) is 3. The van der Waals surface area contributed by atoms with Crippen LogP contribution in [0.25, 0.3) is 0 Å². The Kier molecular flexibility index (Phi) is 4.59. The molecule has 0 aromatic heterocycles. The molecule has 0 amide bonds. The van der Waals surface area contributed by atoms with Gasteiger partial charge >= 0.3 is 0 Å².